The van der Waals surface area contributed by atoms with Gasteiger partial charge in [0.15, 0.2) is 0 Å². The number of alkyl halides is 3. The Balaban J connectivity index is 0.000000532. The van der Waals surface area contributed by atoms with Gasteiger partial charge in [0.05, 0.1) is 10.3 Å². The predicted octanol–water partition coefficient (Wildman–Crippen LogP) is 3.59. The van der Waals surface area contributed by atoms with Gasteiger partial charge in [-0.1, -0.05) is 29.8 Å². The number of amides is 2. The van der Waals surface area contributed by atoms with Gasteiger partial charge >= 0.3 is 12.1 Å². The predicted molar refractivity (Wildman–Crippen MR) is 136 cm³/mol. The van der Waals surface area contributed by atoms with Gasteiger partial charge in [-0.15, -0.1) is 0 Å². The van der Waals surface area contributed by atoms with Gasteiger partial charge in [0.1, 0.15) is 0 Å². The molecule has 39 heavy (non-hydrogen) atoms. The highest BCUT2D eigenvalue weighted by Gasteiger charge is 2.51. The van der Waals surface area contributed by atoms with Crippen LogP contribution in [0.5, 0.6) is 0 Å². The van der Waals surface area contributed by atoms with E-state index in [0.29, 0.717) is 25.2 Å². The van der Waals surface area contributed by atoms with Crippen molar-refractivity contribution in [2.45, 2.75) is 55.5 Å². The number of carboxylic acid groups (broad SMARTS) is 1. The third kappa shape index (κ3) is 7.94. The van der Waals surface area contributed by atoms with E-state index in [1.807, 2.05) is 24.0 Å². The number of rotatable bonds is 9. The molecule has 0 spiro atoms. The van der Waals surface area contributed by atoms with Crippen molar-refractivity contribution in [3.05, 3.63) is 59.7 Å². The first-order valence-corrected chi connectivity index (χ1v) is 13.8. The van der Waals surface area contributed by atoms with Crippen LogP contribution in [0.1, 0.15) is 43.2 Å². The summed E-state index contributed by atoms with van der Waals surface area (Å²) in [6, 6.07) is 13.7. The van der Waals surface area contributed by atoms with Crippen molar-refractivity contribution in [3.63, 3.8) is 0 Å². The van der Waals surface area contributed by atoms with Crippen molar-refractivity contribution in [2.75, 3.05) is 24.4 Å². The van der Waals surface area contributed by atoms with Gasteiger partial charge in [-0.05, 0) is 62.4 Å². The number of nitrogens with zero attached hydrogens (tertiary/aromatic N) is 1. The molecule has 1 saturated carbocycles. The number of nitrogens with one attached hydrogen (secondary N) is 2. The Morgan fingerprint density at radius 1 is 1.05 bits per heavy atom. The summed E-state index contributed by atoms with van der Waals surface area (Å²) in [5.74, 6) is -2.56. The Morgan fingerprint density at radius 2 is 1.64 bits per heavy atom. The zero-order chi connectivity index (χ0) is 28.8. The first kappa shape index (κ1) is 29.9. The first-order valence-electron chi connectivity index (χ1n) is 12.3. The SMILES string of the molecule is Cc1ccc(S(=O)(=O)Nc2ccc(C3(C(=O)NCCCN4CCCC4=O)CC3)cc2)cc1.O=C(O)C(F)(F)F. The number of aryl methyl sites for hydroxylation is 1. The zero-order valence-electron chi connectivity index (χ0n) is 21.3. The number of likely N-dealkylation sites (tertiary alicyclic amines) is 1. The summed E-state index contributed by atoms with van der Waals surface area (Å²) in [4.78, 5) is 35.4. The highest BCUT2D eigenvalue weighted by Crippen LogP contribution is 2.48. The minimum absolute atomic E-state index is 0.00163. The molecule has 4 rings (SSSR count). The fourth-order valence-electron chi connectivity index (χ4n) is 4.14. The first-order chi connectivity index (χ1) is 18.2. The maximum atomic E-state index is 12.8. The number of halogens is 3. The van der Waals surface area contributed by atoms with E-state index in [1.54, 1.807) is 36.4 Å². The summed E-state index contributed by atoms with van der Waals surface area (Å²) in [7, 11) is -3.66. The number of anilines is 1. The van der Waals surface area contributed by atoms with Gasteiger partial charge in [-0.3, -0.25) is 14.3 Å². The zero-order valence-corrected chi connectivity index (χ0v) is 22.1. The van der Waals surface area contributed by atoms with Gasteiger partial charge in [0, 0.05) is 31.7 Å². The molecule has 0 bridgehead atoms. The molecule has 212 valence electrons. The number of aliphatic carboxylic acids is 1. The summed E-state index contributed by atoms with van der Waals surface area (Å²) >= 11 is 0. The van der Waals surface area contributed by atoms with E-state index in [4.69, 9.17) is 9.90 Å². The summed E-state index contributed by atoms with van der Waals surface area (Å²) in [5, 5.41) is 10.1. The monoisotopic (exact) mass is 569 g/mol. The van der Waals surface area contributed by atoms with E-state index >= 15 is 0 Å². The number of hydrogen-bond donors (Lipinski definition) is 3. The van der Waals surface area contributed by atoms with Crippen molar-refractivity contribution in [3.8, 4) is 0 Å². The molecule has 1 heterocycles. The second-order valence-corrected chi connectivity index (χ2v) is 11.2. The molecule has 13 heteroatoms. The van der Waals surface area contributed by atoms with Crippen LogP contribution in [-0.2, 0) is 29.8 Å². The molecule has 1 saturated heterocycles. The van der Waals surface area contributed by atoms with E-state index in [0.717, 1.165) is 43.4 Å². The van der Waals surface area contributed by atoms with Crippen LogP contribution in [0, 0.1) is 6.92 Å². The lowest BCUT2D eigenvalue weighted by molar-refractivity contribution is -0.192. The molecule has 2 aromatic rings. The molecular formula is C26H30F3N3O6S. The number of carbonyl (C=O) groups is 3. The van der Waals surface area contributed by atoms with E-state index in [1.165, 1.54) is 0 Å². The second-order valence-electron chi connectivity index (χ2n) is 9.47. The van der Waals surface area contributed by atoms with Gasteiger partial charge in [-0.25, -0.2) is 13.2 Å². The van der Waals surface area contributed by atoms with Crippen LogP contribution in [0.15, 0.2) is 53.4 Å². The van der Waals surface area contributed by atoms with E-state index < -0.39 is 27.6 Å². The molecule has 2 amide bonds. The van der Waals surface area contributed by atoms with Gasteiger partial charge < -0.3 is 15.3 Å². The quantitative estimate of drug-likeness (QED) is 0.396. The van der Waals surface area contributed by atoms with Crippen LogP contribution in [-0.4, -0.2) is 62.0 Å². The number of carbonyl (C=O) groups excluding carboxylic acids is 2. The number of hydrogen-bond acceptors (Lipinski definition) is 5. The minimum atomic E-state index is -5.08. The lowest BCUT2D eigenvalue weighted by Crippen LogP contribution is -2.36. The number of carboxylic acids is 1. The highest BCUT2D eigenvalue weighted by molar-refractivity contribution is 7.92. The standard InChI is InChI=1S/C24H29N3O4S.C2HF3O2/c1-18-5-11-21(12-6-18)32(30,31)26-20-9-7-19(8-10-20)24(13-14-24)23(29)25-15-3-17-27-16-2-4-22(27)28;3-2(4,5)1(6)7/h5-12,26H,2-4,13-17H2,1H3,(H,25,29);(H,6,7). The molecular weight excluding hydrogens is 539 g/mol. The van der Waals surface area contributed by atoms with E-state index in [-0.39, 0.29) is 16.7 Å². The average Bonchev–Trinajstić information content (AvgIpc) is 3.58. The van der Waals surface area contributed by atoms with Crippen molar-refractivity contribution in [1.29, 1.82) is 0 Å². The van der Waals surface area contributed by atoms with Gasteiger partial charge in [0.2, 0.25) is 11.8 Å². The second kappa shape index (κ2) is 12.1. The molecule has 0 unspecified atom stereocenters. The Labute approximate surface area is 224 Å². The van der Waals surface area contributed by atoms with Crippen molar-refractivity contribution >= 4 is 33.5 Å². The molecule has 2 fully saturated rings. The molecule has 0 atom stereocenters. The number of sulfonamides is 1. The van der Waals surface area contributed by atoms with Crippen LogP contribution in [0.25, 0.3) is 0 Å². The third-order valence-electron chi connectivity index (χ3n) is 6.51. The van der Waals surface area contributed by atoms with Crippen molar-refractivity contribution in [2.24, 2.45) is 0 Å². The highest BCUT2D eigenvalue weighted by atomic mass is 32.2. The largest absolute Gasteiger partial charge is 0.490 e. The Kier molecular flexibility index (Phi) is 9.26. The molecule has 9 nitrogen and oxygen atoms in total. The number of benzene rings is 2. The Morgan fingerprint density at radius 3 is 2.13 bits per heavy atom. The van der Waals surface area contributed by atoms with Crippen molar-refractivity contribution in [1.82, 2.24) is 10.2 Å². The van der Waals surface area contributed by atoms with Gasteiger partial charge in [-0.2, -0.15) is 13.2 Å². The topological polar surface area (TPSA) is 133 Å². The van der Waals surface area contributed by atoms with E-state index in [2.05, 4.69) is 10.0 Å². The summed E-state index contributed by atoms with van der Waals surface area (Å²) in [6.07, 6.45) is -1.23. The van der Waals surface area contributed by atoms with Crippen LogP contribution < -0.4 is 10.0 Å². The molecule has 2 aliphatic rings. The molecule has 1 aliphatic heterocycles. The Hall–Kier alpha value is -3.61. The van der Waals surface area contributed by atoms with Crippen molar-refractivity contribution < 1.29 is 41.1 Å². The third-order valence-corrected chi connectivity index (χ3v) is 7.91. The normalized spacial score (nSPS) is 16.2. The maximum Gasteiger partial charge on any atom is 0.490 e. The van der Waals surface area contributed by atoms with E-state index in [9.17, 15) is 31.2 Å². The van der Waals surface area contributed by atoms with Crippen LogP contribution in [0.4, 0.5) is 18.9 Å². The molecule has 0 radical (unpaired) electrons. The lowest BCUT2D eigenvalue weighted by atomic mass is 9.95. The summed E-state index contributed by atoms with van der Waals surface area (Å²) < 4.78 is 59.5. The summed E-state index contributed by atoms with van der Waals surface area (Å²) in [5.41, 5.74) is 1.81. The smallest absolute Gasteiger partial charge is 0.475 e. The summed E-state index contributed by atoms with van der Waals surface area (Å²) in [6.45, 7) is 3.94. The lowest BCUT2D eigenvalue weighted by Gasteiger charge is -2.18. The van der Waals surface area contributed by atoms with Crippen LogP contribution in [0.2, 0.25) is 0 Å². The fourth-order valence-corrected chi connectivity index (χ4v) is 5.20. The minimum Gasteiger partial charge on any atom is -0.475 e. The van der Waals surface area contributed by atoms with Crippen LogP contribution >= 0.6 is 0 Å². The average molecular weight is 570 g/mol. The Bertz CT molecular complexity index is 1290. The maximum absolute atomic E-state index is 12.8. The van der Waals surface area contributed by atoms with Gasteiger partial charge in [0.25, 0.3) is 10.0 Å². The fraction of sp³-hybridized carbons (Fsp3) is 0.423. The molecule has 0 aromatic heterocycles. The van der Waals surface area contributed by atoms with Crippen LogP contribution in [0.3, 0.4) is 0 Å². The molecule has 2 aromatic carbocycles. The molecule has 1 aliphatic carbocycles. The molecule has 3 N–H and O–H groups in total.